The summed E-state index contributed by atoms with van der Waals surface area (Å²) in [6, 6.07) is 3.79. The van der Waals surface area contributed by atoms with E-state index >= 15 is 0 Å². The van der Waals surface area contributed by atoms with Gasteiger partial charge in [0.25, 0.3) is 5.91 Å². The minimum Gasteiger partial charge on any atom is -0.480 e. The average molecular weight is 574 g/mol. The summed E-state index contributed by atoms with van der Waals surface area (Å²) in [5, 5.41) is 28.9. The van der Waals surface area contributed by atoms with Crippen LogP contribution >= 0.6 is 19.3 Å². The van der Waals surface area contributed by atoms with Crippen molar-refractivity contribution >= 4 is 54.6 Å². The number of carbonyl (C=O) groups is 5. The van der Waals surface area contributed by atoms with Crippen LogP contribution in [-0.4, -0.2) is 77.9 Å². The molecule has 0 aliphatic rings. The number of amides is 3. The third-order valence-corrected chi connectivity index (χ3v) is 7.47. The highest BCUT2D eigenvalue weighted by molar-refractivity contribution is 8.02. The summed E-state index contributed by atoms with van der Waals surface area (Å²) in [4.78, 5) is 57.9. The first kappa shape index (κ1) is 32.6. The van der Waals surface area contributed by atoms with Crippen LogP contribution in [0.1, 0.15) is 30.1 Å². The van der Waals surface area contributed by atoms with E-state index in [4.69, 9.17) is 20.5 Å². The van der Waals surface area contributed by atoms with Crippen molar-refractivity contribution in [2.45, 2.75) is 31.8 Å². The molecule has 1 aromatic rings. The lowest BCUT2D eigenvalue weighted by atomic mass is 10.1. The molecule has 14 nitrogen and oxygen atoms in total. The van der Waals surface area contributed by atoms with Gasteiger partial charge in [-0.25, -0.2) is 0 Å². The predicted molar refractivity (Wildman–Crippen MR) is 142 cm³/mol. The molecule has 38 heavy (non-hydrogen) atoms. The van der Waals surface area contributed by atoms with Gasteiger partial charge in [0.2, 0.25) is 11.8 Å². The van der Waals surface area contributed by atoms with Gasteiger partial charge in [0.15, 0.2) is 0 Å². The number of aliphatic carboxylic acids is 2. The molecule has 1 aromatic carbocycles. The zero-order chi connectivity index (χ0) is 28.7. The summed E-state index contributed by atoms with van der Waals surface area (Å²) in [6.07, 6.45) is -0.427. The molecular weight excluding hydrogens is 541 g/mol. The Kier molecular flexibility index (Phi) is 14.1. The van der Waals surface area contributed by atoms with Crippen LogP contribution in [0.25, 0.3) is 0 Å². The minimum atomic E-state index is -3.54. The van der Waals surface area contributed by atoms with Crippen molar-refractivity contribution in [2.75, 3.05) is 31.0 Å². The van der Waals surface area contributed by atoms with Gasteiger partial charge in [0.05, 0.1) is 6.61 Å². The molecule has 3 atom stereocenters. The van der Waals surface area contributed by atoms with Gasteiger partial charge < -0.3 is 41.5 Å². The van der Waals surface area contributed by atoms with Gasteiger partial charge in [-0.05, 0) is 43.0 Å². The van der Waals surface area contributed by atoms with Gasteiger partial charge in [-0.15, -0.1) is 11.8 Å². The second kappa shape index (κ2) is 16.5. The number of benzene rings is 1. The number of hydrogen-bond donors (Lipinski definition) is 7. The molecule has 8 N–H and O–H groups in total. The molecule has 0 fully saturated rings. The standard InChI is InChI=1S/C22H32N5O9PS/c1-3-36-37(35,27-15-6-4-14(5-7-15)20(31)24-2)10-11-38-13-17(21(32)25-12-19(29)30)26-18(28)9-8-16(23)22(33)34/h4-7,10-11,16-17H,3,8-9,12-13,23H2,1-2H3,(H,24,31)(H,25,32)(H,26,28)(H,27,35)(H,29,30)(H,33,34)/b11-10-/t16-,17-,37?/m0/s1. The van der Waals surface area contributed by atoms with E-state index < -0.39 is 49.9 Å². The van der Waals surface area contributed by atoms with Gasteiger partial charge >= 0.3 is 19.5 Å². The highest BCUT2D eigenvalue weighted by Gasteiger charge is 2.23. The lowest BCUT2D eigenvalue weighted by Crippen LogP contribution is -2.49. The minimum absolute atomic E-state index is 0.0639. The maximum atomic E-state index is 13.2. The second-order valence-corrected chi connectivity index (χ2v) is 10.5. The van der Waals surface area contributed by atoms with Crippen molar-refractivity contribution in [3.63, 3.8) is 0 Å². The van der Waals surface area contributed by atoms with E-state index in [0.717, 1.165) is 11.8 Å². The molecule has 210 valence electrons. The predicted octanol–water partition coefficient (Wildman–Crippen LogP) is 0.770. The summed E-state index contributed by atoms with van der Waals surface area (Å²) in [6.45, 7) is 1.10. The Balaban J connectivity index is 2.86. The maximum absolute atomic E-state index is 13.2. The van der Waals surface area contributed by atoms with E-state index in [1.165, 1.54) is 18.3 Å². The van der Waals surface area contributed by atoms with E-state index in [0.29, 0.717) is 11.3 Å². The van der Waals surface area contributed by atoms with Crippen molar-refractivity contribution < 1.29 is 43.3 Å². The topological polar surface area (TPSA) is 226 Å². The molecule has 0 saturated heterocycles. The fraction of sp³-hybridized carbons (Fsp3) is 0.409. The molecule has 0 spiro atoms. The lowest BCUT2D eigenvalue weighted by Gasteiger charge is -2.18. The Hall–Kier alpha value is -3.39. The van der Waals surface area contributed by atoms with Crippen LogP contribution in [0.3, 0.4) is 0 Å². The maximum Gasteiger partial charge on any atom is 0.322 e. The number of hydrogen-bond acceptors (Lipinski definition) is 9. The number of carbonyl (C=O) groups excluding carboxylic acids is 3. The van der Waals surface area contributed by atoms with Gasteiger partial charge in [0.1, 0.15) is 18.6 Å². The Labute approximate surface area is 223 Å². The molecule has 0 radical (unpaired) electrons. The smallest absolute Gasteiger partial charge is 0.322 e. The Bertz CT molecular complexity index is 1070. The summed E-state index contributed by atoms with van der Waals surface area (Å²) in [5.41, 5.74) is 6.23. The summed E-state index contributed by atoms with van der Waals surface area (Å²) in [7, 11) is -2.04. The fourth-order valence-corrected chi connectivity index (χ4v) is 5.39. The van der Waals surface area contributed by atoms with Gasteiger partial charge in [-0.1, -0.05) is 0 Å². The second-order valence-electron chi connectivity index (χ2n) is 7.62. The molecule has 0 saturated carbocycles. The van der Waals surface area contributed by atoms with Crippen LogP contribution in [0.4, 0.5) is 5.69 Å². The largest absolute Gasteiger partial charge is 0.480 e. The van der Waals surface area contributed by atoms with E-state index in [1.54, 1.807) is 31.2 Å². The van der Waals surface area contributed by atoms with Crippen LogP contribution in [-0.2, 0) is 28.3 Å². The van der Waals surface area contributed by atoms with E-state index in [9.17, 15) is 28.5 Å². The molecule has 1 rings (SSSR count). The third-order valence-electron chi connectivity index (χ3n) is 4.66. The molecule has 16 heteroatoms. The van der Waals surface area contributed by atoms with E-state index in [-0.39, 0.29) is 31.1 Å². The molecule has 0 aromatic heterocycles. The number of carboxylic acids is 2. The van der Waals surface area contributed by atoms with Crippen LogP contribution in [0.2, 0.25) is 0 Å². The number of rotatable bonds is 17. The van der Waals surface area contributed by atoms with Gasteiger partial charge in [-0.2, -0.15) is 0 Å². The Morgan fingerprint density at radius 3 is 2.37 bits per heavy atom. The summed E-state index contributed by atoms with van der Waals surface area (Å²) < 4.78 is 18.6. The first-order chi connectivity index (χ1) is 17.9. The number of thioether (sulfide) groups is 1. The van der Waals surface area contributed by atoms with Gasteiger partial charge in [-0.3, -0.25) is 28.5 Å². The zero-order valence-corrected chi connectivity index (χ0v) is 22.6. The molecule has 1 unspecified atom stereocenters. The van der Waals surface area contributed by atoms with Crippen LogP contribution in [0, 0.1) is 0 Å². The van der Waals surface area contributed by atoms with Crippen LogP contribution in [0.5, 0.6) is 0 Å². The highest BCUT2D eigenvalue weighted by atomic mass is 32.2. The number of nitrogens with two attached hydrogens (primary N) is 1. The zero-order valence-electron chi connectivity index (χ0n) is 20.8. The van der Waals surface area contributed by atoms with Crippen molar-refractivity contribution in [1.82, 2.24) is 16.0 Å². The molecule has 0 heterocycles. The van der Waals surface area contributed by atoms with Crippen molar-refractivity contribution in [3.05, 3.63) is 41.1 Å². The van der Waals surface area contributed by atoms with Crippen LogP contribution in [0.15, 0.2) is 35.5 Å². The third kappa shape index (κ3) is 12.2. The number of carboxylic acid groups (broad SMARTS) is 2. The molecule has 0 aliphatic heterocycles. The Morgan fingerprint density at radius 1 is 1.16 bits per heavy atom. The van der Waals surface area contributed by atoms with Crippen molar-refractivity contribution in [1.29, 1.82) is 0 Å². The van der Waals surface area contributed by atoms with Gasteiger partial charge in [0, 0.05) is 36.3 Å². The molecular formula is C22H32N5O9PS. The average Bonchev–Trinajstić information content (AvgIpc) is 2.87. The van der Waals surface area contributed by atoms with Crippen molar-refractivity contribution in [2.24, 2.45) is 5.73 Å². The van der Waals surface area contributed by atoms with Crippen molar-refractivity contribution in [3.8, 4) is 0 Å². The first-order valence-electron chi connectivity index (χ1n) is 11.3. The van der Waals surface area contributed by atoms with E-state index in [2.05, 4.69) is 21.0 Å². The van der Waals surface area contributed by atoms with E-state index in [1.807, 2.05) is 0 Å². The first-order valence-corrected chi connectivity index (χ1v) is 14.1. The molecule has 3 amide bonds. The lowest BCUT2D eigenvalue weighted by molar-refractivity contribution is -0.139. The van der Waals surface area contributed by atoms with Crippen LogP contribution < -0.4 is 26.8 Å². The fourth-order valence-electron chi connectivity index (χ4n) is 2.75. The monoisotopic (exact) mass is 573 g/mol. The quantitative estimate of drug-likeness (QED) is 0.128. The SMILES string of the molecule is CCOP(=O)(/C=C\SC[C@H](NC(=O)CC[C@H](N)C(=O)O)C(=O)NCC(=O)O)Nc1ccc(C(=O)NC)cc1. The number of nitrogens with one attached hydrogen (secondary N) is 4. The highest BCUT2D eigenvalue weighted by Crippen LogP contribution is 2.48. The summed E-state index contributed by atoms with van der Waals surface area (Å²) >= 11 is 1.00. The summed E-state index contributed by atoms with van der Waals surface area (Å²) in [5.74, 6) is -3.05. The number of anilines is 1. The Morgan fingerprint density at radius 2 is 1.82 bits per heavy atom. The normalized spacial score (nSPS) is 14.1. The molecule has 0 bridgehead atoms. The molecule has 0 aliphatic carbocycles.